The lowest BCUT2D eigenvalue weighted by molar-refractivity contribution is -0.148. The van der Waals surface area contributed by atoms with Gasteiger partial charge < -0.3 is 15.0 Å². The van der Waals surface area contributed by atoms with Crippen molar-refractivity contribution >= 4 is 11.8 Å². The maximum absolute atomic E-state index is 12.7. The van der Waals surface area contributed by atoms with Crippen molar-refractivity contribution in [1.82, 2.24) is 10.2 Å². The van der Waals surface area contributed by atoms with Gasteiger partial charge in [0.2, 0.25) is 5.91 Å². The van der Waals surface area contributed by atoms with Crippen LogP contribution in [0.1, 0.15) is 26.7 Å². The molecule has 0 aliphatic carbocycles. The fourth-order valence-electron chi connectivity index (χ4n) is 2.54. The predicted octanol–water partition coefficient (Wildman–Crippen LogP) is 1.58. The lowest BCUT2D eigenvalue weighted by Gasteiger charge is -2.36. The van der Waals surface area contributed by atoms with Crippen molar-refractivity contribution in [3.8, 4) is 5.75 Å². The summed E-state index contributed by atoms with van der Waals surface area (Å²) < 4.78 is 5.78. The average molecular weight is 290 g/mol. The fourth-order valence-corrected chi connectivity index (χ4v) is 2.54. The Morgan fingerprint density at radius 2 is 2.10 bits per heavy atom. The van der Waals surface area contributed by atoms with E-state index in [1.165, 1.54) is 0 Å². The number of carbonyl (C=O) groups is 2. The van der Waals surface area contributed by atoms with Gasteiger partial charge in [-0.15, -0.1) is 0 Å². The minimum atomic E-state index is -0.549. The molecule has 1 aliphatic heterocycles. The molecule has 0 spiro atoms. The van der Waals surface area contributed by atoms with Gasteiger partial charge in [-0.3, -0.25) is 9.59 Å². The summed E-state index contributed by atoms with van der Waals surface area (Å²) in [5, 5.41) is 2.80. The quantitative estimate of drug-likeness (QED) is 0.895. The number of nitrogens with one attached hydrogen (secondary N) is 1. The summed E-state index contributed by atoms with van der Waals surface area (Å²) in [7, 11) is 0. The van der Waals surface area contributed by atoms with Crippen LogP contribution in [-0.4, -0.2) is 41.9 Å². The van der Waals surface area contributed by atoms with E-state index in [1.807, 2.05) is 44.2 Å². The smallest absolute Gasteiger partial charge is 0.264 e. The van der Waals surface area contributed by atoms with Crippen LogP contribution in [-0.2, 0) is 9.59 Å². The van der Waals surface area contributed by atoms with Crippen LogP contribution >= 0.6 is 0 Å². The molecule has 1 aromatic rings. The molecule has 2 amide bonds. The first-order chi connectivity index (χ1) is 10.2. The van der Waals surface area contributed by atoms with Gasteiger partial charge in [0.1, 0.15) is 11.8 Å². The Morgan fingerprint density at radius 3 is 2.71 bits per heavy atom. The minimum absolute atomic E-state index is 0.0772. The third-order valence-corrected chi connectivity index (χ3v) is 3.67. The Labute approximate surface area is 125 Å². The summed E-state index contributed by atoms with van der Waals surface area (Å²) in [5.41, 5.74) is 0. The van der Waals surface area contributed by atoms with Gasteiger partial charge in [-0.2, -0.15) is 0 Å². The van der Waals surface area contributed by atoms with Gasteiger partial charge in [-0.25, -0.2) is 0 Å². The SMILES string of the molecule is CCC(Oc1ccccc1)C(=O)N1CCNC(=O)C1CC. The topological polar surface area (TPSA) is 58.6 Å². The Kier molecular flexibility index (Phi) is 5.20. The number of hydrogen-bond donors (Lipinski definition) is 1. The fraction of sp³-hybridized carbons (Fsp3) is 0.500. The minimum Gasteiger partial charge on any atom is -0.481 e. The number of rotatable bonds is 5. The van der Waals surface area contributed by atoms with Crippen molar-refractivity contribution in [2.24, 2.45) is 0 Å². The largest absolute Gasteiger partial charge is 0.481 e. The van der Waals surface area contributed by atoms with Crippen molar-refractivity contribution in [1.29, 1.82) is 0 Å². The maximum Gasteiger partial charge on any atom is 0.264 e. The van der Waals surface area contributed by atoms with E-state index in [0.717, 1.165) is 0 Å². The molecule has 21 heavy (non-hydrogen) atoms. The van der Waals surface area contributed by atoms with Crippen LogP contribution in [0, 0.1) is 0 Å². The molecule has 2 unspecified atom stereocenters. The number of benzene rings is 1. The van der Waals surface area contributed by atoms with Crippen LogP contribution in [0.15, 0.2) is 30.3 Å². The molecule has 5 nitrogen and oxygen atoms in total. The van der Waals surface area contributed by atoms with Gasteiger partial charge in [0.05, 0.1) is 0 Å². The summed E-state index contributed by atoms with van der Waals surface area (Å²) in [6.07, 6.45) is 0.633. The molecule has 0 saturated carbocycles. The molecular formula is C16H22N2O3. The van der Waals surface area contributed by atoms with Gasteiger partial charge in [-0.05, 0) is 25.0 Å². The summed E-state index contributed by atoms with van der Waals surface area (Å²) in [6.45, 7) is 4.87. The first-order valence-corrected chi connectivity index (χ1v) is 7.47. The van der Waals surface area contributed by atoms with E-state index in [-0.39, 0.29) is 17.9 Å². The van der Waals surface area contributed by atoms with Gasteiger partial charge in [0, 0.05) is 13.1 Å². The van der Waals surface area contributed by atoms with Crippen LogP contribution in [0.25, 0.3) is 0 Å². The maximum atomic E-state index is 12.7. The highest BCUT2D eigenvalue weighted by molar-refractivity contribution is 5.90. The number of carbonyl (C=O) groups excluding carboxylic acids is 2. The van der Waals surface area contributed by atoms with Crippen LogP contribution in [0.3, 0.4) is 0 Å². The molecule has 5 heteroatoms. The highest BCUT2D eigenvalue weighted by Crippen LogP contribution is 2.17. The molecule has 1 heterocycles. The standard InChI is InChI=1S/C16H22N2O3/c1-3-13-15(19)17-10-11-18(13)16(20)14(4-2)21-12-8-6-5-7-9-12/h5-9,13-14H,3-4,10-11H2,1-2H3,(H,17,19). The predicted molar refractivity (Wildman–Crippen MR) is 80.0 cm³/mol. The molecule has 0 bridgehead atoms. The Bertz CT molecular complexity index is 490. The zero-order valence-electron chi connectivity index (χ0n) is 12.5. The van der Waals surface area contributed by atoms with Gasteiger partial charge >= 0.3 is 0 Å². The molecular weight excluding hydrogens is 268 g/mol. The molecule has 0 aromatic heterocycles. The first kappa shape index (κ1) is 15.4. The van der Waals surface area contributed by atoms with Crippen molar-refractivity contribution in [2.75, 3.05) is 13.1 Å². The van der Waals surface area contributed by atoms with E-state index in [1.54, 1.807) is 4.90 Å². The molecule has 1 saturated heterocycles. The number of ether oxygens (including phenoxy) is 1. The van der Waals surface area contributed by atoms with Crippen LogP contribution in [0.5, 0.6) is 5.75 Å². The molecule has 2 atom stereocenters. The van der Waals surface area contributed by atoms with Gasteiger partial charge in [-0.1, -0.05) is 32.0 Å². The molecule has 114 valence electrons. The molecule has 1 N–H and O–H groups in total. The van der Waals surface area contributed by atoms with Crippen LogP contribution in [0.2, 0.25) is 0 Å². The molecule has 1 fully saturated rings. The Morgan fingerprint density at radius 1 is 1.38 bits per heavy atom. The zero-order valence-corrected chi connectivity index (χ0v) is 12.5. The molecule has 1 aliphatic rings. The average Bonchev–Trinajstić information content (AvgIpc) is 2.52. The van der Waals surface area contributed by atoms with E-state index >= 15 is 0 Å². The number of piperazine rings is 1. The lowest BCUT2D eigenvalue weighted by Crippen LogP contribution is -2.59. The second-order valence-electron chi connectivity index (χ2n) is 5.07. The second kappa shape index (κ2) is 7.11. The van der Waals surface area contributed by atoms with E-state index in [9.17, 15) is 9.59 Å². The molecule has 1 aromatic carbocycles. The van der Waals surface area contributed by atoms with Crippen molar-refractivity contribution in [3.05, 3.63) is 30.3 Å². The summed E-state index contributed by atoms with van der Waals surface area (Å²) in [4.78, 5) is 26.2. The van der Waals surface area contributed by atoms with Crippen molar-refractivity contribution in [2.45, 2.75) is 38.8 Å². The van der Waals surface area contributed by atoms with E-state index in [4.69, 9.17) is 4.74 Å². The van der Waals surface area contributed by atoms with Crippen molar-refractivity contribution < 1.29 is 14.3 Å². The number of para-hydroxylation sites is 1. The third kappa shape index (κ3) is 3.54. The van der Waals surface area contributed by atoms with Gasteiger partial charge in [0.15, 0.2) is 6.10 Å². The number of nitrogens with zero attached hydrogens (tertiary/aromatic N) is 1. The lowest BCUT2D eigenvalue weighted by atomic mass is 10.1. The van der Waals surface area contributed by atoms with E-state index in [2.05, 4.69) is 5.32 Å². The van der Waals surface area contributed by atoms with Gasteiger partial charge in [0.25, 0.3) is 5.91 Å². The Hall–Kier alpha value is -2.04. The molecule has 2 rings (SSSR count). The number of amides is 2. The first-order valence-electron chi connectivity index (χ1n) is 7.47. The second-order valence-corrected chi connectivity index (χ2v) is 5.07. The summed E-state index contributed by atoms with van der Waals surface area (Å²) in [6, 6.07) is 8.91. The molecule has 0 radical (unpaired) electrons. The Balaban J connectivity index is 2.10. The highest BCUT2D eigenvalue weighted by atomic mass is 16.5. The monoisotopic (exact) mass is 290 g/mol. The summed E-state index contributed by atoms with van der Waals surface area (Å²) >= 11 is 0. The van der Waals surface area contributed by atoms with Crippen LogP contribution in [0.4, 0.5) is 0 Å². The van der Waals surface area contributed by atoms with Crippen molar-refractivity contribution in [3.63, 3.8) is 0 Å². The normalized spacial score (nSPS) is 19.8. The third-order valence-electron chi connectivity index (χ3n) is 3.67. The van der Waals surface area contributed by atoms with E-state index in [0.29, 0.717) is 31.7 Å². The number of hydrogen-bond acceptors (Lipinski definition) is 3. The zero-order chi connectivity index (χ0) is 15.2. The summed E-state index contributed by atoms with van der Waals surface area (Å²) in [5.74, 6) is 0.488. The van der Waals surface area contributed by atoms with Crippen LogP contribution < -0.4 is 10.1 Å². The highest BCUT2D eigenvalue weighted by Gasteiger charge is 2.35. The van der Waals surface area contributed by atoms with E-state index < -0.39 is 6.10 Å².